The summed E-state index contributed by atoms with van der Waals surface area (Å²) in [6.45, 7) is 3.16. The van der Waals surface area contributed by atoms with E-state index >= 15 is 0 Å². The number of unbranched alkanes of at least 4 members (excludes halogenated alkanes) is 7. The highest BCUT2D eigenvalue weighted by atomic mass is 79.9. The highest BCUT2D eigenvalue weighted by Gasteiger charge is 2.00. The van der Waals surface area contributed by atoms with Crippen molar-refractivity contribution in [2.24, 2.45) is 0 Å². The summed E-state index contributed by atoms with van der Waals surface area (Å²) >= 11 is 3.42. The van der Waals surface area contributed by atoms with Crippen LogP contribution in [0.25, 0.3) is 0 Å². The van der Waals surface area contributed by atoms with Crippen molar-refractivity contribution in [1.29, 1.82) is 0 Å². The molecule has 0 radical (unpaired) electrons. The van der Waals surface area contributed by atoms with Crippen molar-refractivity contribution in [3.8, 4) is 0 Å². The van der Waals surface area contributed by atoms with E-state index in [0.29, 0.717) is 0 Å². The molecule has 0 unspecified atom stereocenters. The van der Waals surface area contributed by atoms with Gasteiger partial charge in [0.2, 0.25) is 0 Å². The summed E-state index contributed by atoms with van der Waals surface area (Å²) < 4.78 is 14.0. The Kier molecular flexibility index (Phi) is 8.89. The molecule has 0 heterocycles. The first kappa shape index (κ1) is 16.5. The quantitative estimate of drug-likeness (QED) is 0.508. The van der Waals surface area contributed by atoms with Gasteiger partial charge in [0.25, 0.3) is 0 Å². The van der Waals surface area contributed by atoms with Crippen LogP contribution in [0.1, 0.15) is 58.3 Å². The third kappa shape index (κ3) is 7.56. The largest absolute Gasteiger partial charge is 0.384 e. The van der Waals surface area contributed by atoms with E-state index in [9.17, 15) is 4.39 Å². The second-order valence-electron chi connectivity index (χ2n) is 5.03. The molecule has 0 bridgehead atoms. The molecule has 0 aromatic heterocycles. The van der Waals surface area contributed by atoms with Gasteiger partial charge in [-0.2, -0.15) is 0 Å². The molecule has 0 aliphatic heterocycles. The van der Waals surface area contributed by atoms with Gasteiger partial charge in [0.15, 0.2) is 0 Å². The van der Waals surface area contributed by atoms with E-state index < -0.39 is 0 Å². The fourth-order valence-corrected chi connectivity index (χ4v) is 2.50. The van der Waals surface area contributed by atoms with Crippen LogP contribution in [0.15, 0.2) is 22.7 Å². The van der Waals surface area contributed by atoms with E-state index in [0.717, 1.165) is 23.1 Å². The number of halogens is 2. The summed E-state index contributed by atoms with van der Waals surface area (Å²) in [5.41, 5.74) is 0.850. The molecule has 1 aromatic carbocycles. The molecule has 1 nitrogen and oxygen atoms in total. The minimum absolute atomic E-state index is 0.193. The van der Waals surface area contributed by atoms with E-state index in [1.807, 2.05) is 0 Å². The Bertz CT molecular complexity index is 355. The number of benzene rings is 1. The minimum Gasteiger partial charge on any atom is -0.384 e. The van der Waals surface area contributed by atoms with Crippen LogP contribution in [0.3, 0.4) is 0 Å². The maximum atomic E-state index is 13.1. The summed E-state index contributed by atoms with van der Waals surface area (Å²) in [7, 11) is 0. The Balaban J connectivity index is 2.03. The molecule has 0 atom stereocenters. The van der Waals surface area contributed by atoms with Gasteiger partial charge in [-0.05, 0) is 40.5 Å². The number of hydrogen-bond acceptors (Lipinski definition) is 1. The van der Waals surface area contributed by atoms with Crippen LogP contribution in [-0.4, -0.2) is 6.54 Å². The molecule has 0 saturated heterocycles. The lowest BCUT2D eigenvalue weighted by atomic mass is 10.1. The van der Waals surface area contributed by atoms with Gasteiger partial charge in [-0.15, -0.1) is 0 Å². The lowest BCUT2D eigenvalue weighted by Gasteiger charge is -2.08. The zero-order chi connectivity index (χ0) is 13.9. The molecule has 19 heavy (non-hydrogen) atoms. The Morgan fingerprint density at radius 1 is 1.00 bits per heavy atom. The molecule has 0 spiro atoms. The number of nitrogens with one attached hydrogen (secondary N) is 1. The van der Waals surface area contributed by atoms with Crippen LogP contribution in [0, 0.1) is 5.82 Å². The second-order valence-corrected chi connectivity index (χ2v) is 5.88. The van der Waals surface area contributed by atoms with Crippen LogP contribution in [0.5, 0.6) is 0 Å². The first-order valence-electron chi connectivity index (χ1n) is 7.43. The van der Waals surface area contributed by atoms with Gasteiger partial charge in [-0.3, -0.25) is 0 Å². The number of anilines is 1. The van der Waals surface area contributed by atoms with Crippen LogP contribution < -0.4 is 5.32 Å². The van der Waals surface area contributed by atoms with Crippen molar-refractivity contribution in [3.63, 3.8) is 0 Å². The van der Waals surface area contributed by atoms with Gasteiger partial charge in [0.05, 0.1) is 5.69 Å². The fourth-order valence-electron chi connectivity index (χ4n) is 2.11. The maximum Gasteiger partial charge on any atom is 0.125 e. The molecular formula is C16H25BrFN. The van der Waals surface area contributed by atoms with Gasteiger partial charge < -0.3 is 5.32 Å². The molecule has 0 fully saturated rings. The molecule has 1 aromatic rings. The average molecular weight is 330 g/mol. The lowest BCUT2D eigenvalue weighted by Crippen LogP contribution is -2.02. The molecule has 108 valence electrons. The predicted molar refractivity (Wildman–Crippen MR) is 85.2 cm³/mol. The van der Waals surface area contributed by atoms with E-state index in [1.54, 1.807) is 6.07 Å². The van der Waals surface area contributed by atoms with E-state index in [2.05, 4.69) is 28.2 Å². The van der Waals surface area contributed by atoms with Crippen LogP contribution in [0.2, 0.25) is 0 Å². The molecule has 1 N–H and O–H groups in total. The van der Waals surface area contributed by atoms with Gasteiger partial charge in [-0.25, -0.2) is 4.39 Å². The van der Waals surface area contributed by atoms with Crippen molar-refractivity contribution < 1.29 is 4.39 Å². The highest BCUT2D eigenvalue weighted by Crippen LogP contribution is 2.23. The van der Waals surface area contributed by atoms with Gasteiger partial charge in [-0.1, -0.05) is 51.9 Å². The molecule has 0 aliphatic carbocycles. The summed E-state index contributed by atoms with van der Waals surface area (Å²) in [5.74, 6) is -0.193. The van der Waals surface area contributed by atoms with E-state index in [-0.39, 0.29) is 5.82 Å². The zero-order valence-corrected chi connectivity index (χ0v) is 13.4. The van der Waals surface area contributed by atoms with Crippen molar-refractivity contribution in [3.05, 3.63) is 28.5 Å². The maximum absolute atomic E-state index is 13.1. The third-order valence-electron chi connectivity index (χ3n) is 3.27. The normalized spacial score (nSPS) is 10.7. The zero-order valence-electron chi connectivity index (χ0n) is 11.9. The topological polar surface area (TPSA) is 12.0 Å². The first-order chi connectivity index (χ1) is 9.24. The Hall–Kier alpha value is -0.570. The summed E-state index contributed by atoms with van der Waals surface area (Å²) in [4.78, 5) is 0. The summed E-state index contributed by atoms with van der Waals surface area (Å²) in [5, 5.41) is 3.28. The molecule has 1 rings (SSSR count). The van der Waals surface area contributed by atoms with Crippen LogP contribution in [-0.2, 0) is 0 Å². The SMILES string of the molecule is CCCCCCCCCCNc1cc(F)ccc1Br. The Morgan fingerprint density at radius 2 is 1.63 bits per heavy atom. The predicted octanol–water partition coefficient (Wildman–Crippen LogP) is 6.14. The Labute approximate surface area is 125 Å². The number of rotatable bonds is 10. The van der Waals surface area contributed by atoms with E-state index in [1.165, 1.54) is 57.1 Å². The first-order valence-corrected chi connectivity index (χ1v) is 8.22. The monoisotopic (exact) mass is 329 g/mol. The fraction of sp³-hybridized carbons (Fsp3) is 0.625. The highest BCUT2D eigenvalue weighted by molar-refractivity contribution is 9.10. The molecule has 0 amide bonds. The second kappa shape index (κ2) is 10.2. The smallest absolute Gasteiger partial charge is 0.125 e. The number of hydrogen-bond donors (Lipinski definition) is 1. The van der Waals surface area contributed by atoms with Crippen molar-refractivity contribution in [1.82, 2.24) is 0 Å². The molecule has 3 heteroatoms. The minimum atomic E-state index is -0.193. The molecular weight excluding hydrogens is 305 g/mol. The van der Waals surface area contributed by atoms with Gasteiger partial charge in [0, 0.05) is 11.0 Å². The lowest BCUT2D eigenvalue weighted by molar-refractivity contribution is 0.581. The standard InChI is InChI=1S/C16H25BrFN/c1-2-3-4-5-6-7-8-9-12-19-16-13-14(18)10-11-15(16)17/h10-11,13,19H,2-9,12H2,1H3. The molecule has 0 aliphatic rings. The average Bonchev–Trinajstić information content (AvgIpc) is 2.40. The summed E-state index contributed by atoms with van der Waals surface area (Å²) in [6.07, 6.45) is 10.5. The van der Waals surface area contributed by atoms with Crippen molar-refractivity contribution in [2.45, 2.75) is 58.3 Å². The van der Waals surface area contributed by atoms with Crippen molar-refractivity contribution >= 4 is 21.6 Å². The van der Waals surface area contributed by atoms with Gasteiger partial charge >= 0.3 is 0 Å². The van der Waals surface area contributed by atoms with Crippen LogP contribution >= 0.6 is 15.9 Å². The van der Waals surface area contributed by atoms with Gasteiger partial charge in [0.1, 0.15) is 5.82 Å². The Morgan fingerprint density at radius 3 is 2.32 bits per heavy atom. The van der Waals surface area contributed by atoms with Crippen LogP contribution in [0.4, 0.5) is 10.1 Å². The molecule has 0 saturated carbocycles. The van der Waals surface area contributed by atoms with Crippen molar-refractivity contribution in [2.75, 3.05) is 11.9 Å². The summed E-state index contributed by atoms with van der Waals surface area (Å²) in [6, 6.07) is 4.74. The van der Waals surface area contributed by atoms with E-state index in [4.69, 9.17) is 0 Å². The third-order valence-corrected chi connectivity index (χ3v) is 3.97.